The maximum atomic E-state index is 13.1. The van der Waals surface area contributed by atoms with Crippen molar-refractivity contribution in [3.05, 3.63) is 30.1 Å². The zero-order chi connectivity index (χ0) is 12.3. The molecule has 2 rings (SSSR count). The van der Waals surface area contributed by atoms with Crippen LogP contribution in [0.3, 0.4) is 0 Å². The summed E-state index contributed by atoms with van der Waals surface area (Å²) in [6.45, 7) is 0. The van der Waals surface area contributed by atoms with Crippen LogP contribution in [0.2, 0.25) is 0 Å². The van der Waals surface area contributed by atoms with Crippen molar-refractivity contribution in [2.45, 2.75) is 0 Å². The van der Waals surface area contributed by atoms with Gasteiger partial charge in [0.1, 0.15) is 5.82 Å². The third kappa shape index (κ3) is 2.47. The van der Waals surface area contributed by atoms with Crippen molar-refractivity contribution in [1.29, 1.82) is 0 Å². The number of hydrogen-bond donors (Lipinski definition) is 0. The largest absolute Gasteiger partial charge is 0.467 e. The second-order valence-corrected chi connectivity index (χ2v) is 3.14. The Kier molecular flexibility index (Phi) is 3.13. The van der Waals surface area contributed by atoms with Gasteiger partial charge in [0.05, 0.1) is 14.2 Å². The summed E-state index contributed by atoms with van der Waals surface area (Å²) in [5.74, 6) is -0.0611. The minimum absolute atomic E-state index is 0.121. The summed E-state index contributed by atoms with van der Waals surface area (Å²) < 4.78 is 22.9. The van der Waals surface area contributed by atoms with Gasteiger partial charge in [0.25, 0.3) is 0 Å². The van der Waals surface area contributed by atoms with Gasteiger partial charge in [-0.05, 0) is 12.1 Å². The van der Waals surface area contributed by atoms with Gasteiger partial charge >= 0.3 is 12.0 Å². The fourth-order valence-corrected chi connectivity index (χ4v) is 1.28. The number of halogens is 1. The highest BCUT2D eigenvalue weighted by Crippen LogP contribution is 2.19. The van der Waals surface area contributed by atoms with Gasteiger partial charge in [-0.2, -0.15) is 9.97 Å². The zero-order valence-corrected chi connectivity index (χ0v) is 9.35. The highest BCUT2D eigenvalue weighted by molar-refractivity contribution is 5.55. The summed E-state index contributed by atoms with van der Waals surface area (Å²) in [7, 11) is 2.87. The fourth-order valence-electron chi connectivity index (χ4n) is 1.28. The normalized spacial score (nSPS) is 10.1. The minimum Gasteiger partial charge on any atom is -0.467 e. The molecule has 88 valence electrons. The Labute approximate surface area is 97.3 Å². The second kappa shape index (κ2) is 4.73. The van der Waals surface area contributed by atoms with Crippen LogP contribution in [0.1, 0.15) is 0 Å². The van der Waals surface area contributed by atoms with Gasteiger partial charge in [0.2, 0.25) is 0 Å². The molecule has 17 heavy (non-hydrogen) atoms. The Bertz CT molecular complexity index is 512. The van der Waals surface area contributed by atoms with Crippen molar-refractivity contribution >= 4 is 0 Å². The lowest BCUT2D eigenvalue weighted by Crippen LogP contribution is -2.01. The predicted molar refractivity (Wildman–Crippen MR) is 58.3 cm³/mol. The Morgan fingerprint density at radius 3 is 2.18 bits per heavy atom. The summed E-state index contributed by atoms with van der Waals surface area (Å²) in [6.07, 6.45) is 0. The van der Waals surface area contributed by atoms with Crippen LogP contribution in [0.15, 0.2) is 24.3 Å². The van der Waals surface area contributed by atoms with Crippen LogP contribution in [0.4, 0.5) is 4.39 Å². The maximum absolute atomic E-state index is 13.1. The Hall–Kier alpha value is -2.24. The Balaban J connectivity index is 2.50. The molecule has 0 saturated carbocycles. The topological polar surface area (TPSA) is 57.1 Å². The van der Waals surface area contributed by atoms with Crippen LogP contribution in [-0.4, -0.2) is 29.2 Å². The molecular formula is C11H10FN3O2. The van der Waals surface area contributed by atoms with Gasteiger partial charge in [-0.3, -0.25) is 0 Å². The molecule has 2 aromatic rings. The monoisotopic (exact) mass is 235 g/mol. The number of ether oxygens (including phenoxy) is 2. The molecule has 0 aliphatic rings. The van der Waals surface area contributed by atoms with Crippen LogP contribution in [0, 0.1) is 5.82 Å². The lowest BCUT2D eigenvalue weighted by Gasteiger charge is -2.04. The van der Waals surface area contributed by atoms with E-state index in [2.05, 4.69) is 15.0 Å². The third-order valence-electron chi connectivity index (χ3n) is 2.04. The van der Waals surface area contributed by atoms with Gasteiger partial charge in [-0.1, -0.05) is 12.1 Å². The minimum atomic E-state index is -0.360. The van der Waals surface area contributed by atoms with Gasteiger partial charge in [-0.15, -0.1) is 4.98 Å². The van der Waals surface area contributed by atoms with E-state index in [0.29, 0.717) is 11.4 Å². The first-order valence-corrected chi connectivity index (χ1v) is 4.83. The SMILES string of the molecule is COc1nc(OC)nc(-c2cccc(F)c2)n1. The average molecular weight is 235 g/mol. The molecule has 0 N–H and O–H groups in total. The first-order chi connectivity index (χ1) is 8.22. The quantitative estimate of drug-likeness (QED) is 0.810. The van der Waals surface area contributed by atoms with E-state index in [1.807, 2.05) is 0 Å². The number of benzene rings is 1. The molecule has 0 radical (unpaired) electrons. The van der Waals surface area contributed by atoms with E-state index in [4.69, 9.17) is 9.47 Å². The van der Waals surface area contributed by atoms with Crippen molar-refractivity contribution in [2.24, 2.45) is 0 Å². The summed E-state index contributed by atoms with van der Waals surface area (Å²) >= 11 is 0. The van der Waals surface area contributed by atoms with Gasteiger partial charge in [0, 0.05) is 5.56 Å². The molecule has 0 amide bonds. The summed E-state index contributed by atoms with van der Waals surface area (Å²) in [5, 5.41) is 0. The first kappa shape index (κ1) is 11.3. The van der Waals surface area contributed by atoms with Crippen molar-refractivity contribution in [1.82, 2.24) is 15.0 Å². The number of rotatable bonds is 3. The van der Waals surface area contributed by atoms with E-state index < -0.39 is 0 Å². The third-order valence-corrected chi connectivity index (χ3v) is 2.04. The van der Waals surface area contributed by atoms with E-state index in [1.165, 1.54) is 26.4 Å². The molecule has 0 spiro atoms. The van der Waals surface area contributed by atoms with Crippen molar-refractivity contribution in [3.63, 3.8) is 0 Å². The molecule has 1 aromatic heterocycles. The van der Waals surface area contributed by atoms with Crippen molar-refractivity contribution in [3.8, 4) is 23.4 Å². The lowest BCUT2D eigenvalue weighted by atomic mass is 10.2. The number of hydrogen-bond acceptors (Lipinski definition) is 5. The molecule has 0 atom stereocenters. The number of methoxy groups -OCH3 is 2. The smallest absolute Gasteiger partial charge is 0.322 e. The molecule has 0 saturated heterocycles. The van der Waals surface area contributed by atoms with Crippen LogP contribution in [0.25, 0.3) is 11.4 Å². The molecule has 5 nitrogen and oxygen atoms in total. The molecule has 0 aliphatic heterocycles. The van der Waals surface area contributed by atoms with Gasteiger partial charge < -0.3 is 9.47 Å². The van der Waals surface area contributed by atoms with E-state index in [-0.39, 0.29) is 17.8 Å². The van der Waals surface area contributed by atoms with Crippen LogP contribution < -0.4 is 9.47 Å². The zero-order valence-electron chi connectivity index (χ0n) is 9.35. The molecule has 1 heterocycles. The molecule has 1 aromatic carbocycles. The van der Waals surface area contributed by atoms with Crippen molar-refractivity contribution < 1.29 is 13.9 Å². The molecular weight excluding hydrogens is 225 g/mol. The fraction of sp³-hybridized carbons (Fsp3) is 0.182. The molecule has 0 bridgehead atoms. The average Bonchev–Trinajstić information content (AvgIpc) is 2.38. The Morgan fingerprint density at radius 2 is 1.65 bits per heavy atom. The molecule has 0 fully saturated rings. The predicted octanol–water partition coefficient (Wildman–Crippen LogP) is 1.69. The van der Waals surface area contributed by atoms with E-state index in [1.54, 1.807) is 12.1 Å². The van der Waals surface area contributed by atoms with Crippen LogP contribution >= 0.6 is 0 Å². The second-order valence-electron chi connectivity index (χ2n) is 3.14. The molecule has 0 unspecified atom stereocenters. The van der Waals surface area contributed by atoms with Gasteiger partial charge in [-0.25, -0.2) is 4.39 Å². The number of aromatic nitrogens is 3. The molecule has 6 heteroatoms. The van der Waals surface area contributed by atoms with E-state index in [0.717, 1.165) is 0 Å². The summed E-state index contributed by atoms with van der Waals surface area (Å²) in [6, 6.07) is 6.19. The van der Waals surface area contributed by atoms with Gasteiger partial charge in [0.15, 0.2) is 5.82 Å². The highest BCUT2D eigenvalue weighted by atomic mass is 19.1. The Morgan fingerprint density at radius 1 is 1.00 bits per heavy atom. The number of nitrogens with zero attached hydrogens (tertiary/aromatic N) is 3. The summed E-state index contributed by atoms with van der Waals surface area (Å²) in [4.78, 5) is 11.9. The standard InChI is InChI=1S/C11H10FN3O2/c1-16-10-13-9(14-11(15-10)17-2)7-4-3-5-8(12)6-7/h3-6H,1-2H3. The van der Waals surface area contributed by atoms with Crippen LogP contribution in [-0.2, 0) is 0 Å². The first-order valence-electron chi connectivity index (χ1n) is 4.83. The van der Waals surface area contributed by atoms with E-state index >= 15 is 0 Å². The summed E-state index contributed by atoms with van der Waals surface area (Å²) in [5.41, 5.74) is 0.531. The van der Waals surface area contributed by atoms with Crippen LogP contribution in [0.5, 0.6) is 12.0 Å². The lowest BCUT2D eigenvalue weighted by molar-refractivity contribution is 0.341. The van der Waals surface area contributed by atoms with Crippen molar-refractivity contribution in [2.75, 3.05) is 14.2 Å². The molecule has 0 aliphatic carbocycles. The highest BCUT2D eigenvalue weighted by Gasteiger charge is 2.09. The maximum Gasteiger partial charge on any atom is 0.322 e. The van der Waals surface area contributed by atoms with E-state index in [9.17, 15) is 4.39 Å².